The molecular formula is C26H18O5. The van der Waals surface area contributed by atoms with Crippen LogP contribution in [0.5, 0.6) is 17.2 Å². The molecule has 152 valence electrons. The van der Waals surface area contributed by atoms with Crippen LogP contribution < -0.4 is 9.47 Å². The predicted molar refractivity (Wildman–Crippen MR) is 115 cm³/mol. The van der Waals surface area contributed by atoms with Crippen molar-refractivity contribution in [1.29, 1.82) is 0 Å². The first-order valence-corrected chi connectivity index (χ1v) is 10.3. The summed E-state index contributed by atoms with van der Waals surface area (Å²) in [6.07, 6.45) is 0. The van der Waals surface area contributed by atoms with E-state index in [9.17, 15) is 5.11 Å². The average Bonchev–Trinajstić information content (AvgIpc) is 3.46. The second kappa shape index (κ2) is 6.00. The van der Waals surface area contributed by atoms with Gasteiger partial charge < -0.3 is 24.1 Å². The maximum Gasteiger partial charge on any atom is 0.231 e. The minimum Gasteiger partial charge on any atom is -0.507 e. The highest BCUT2D eigenvalue weighted by Gasteiger charge is 2.46. The molecule has 1 saturated heterocycles. The molecule has 31 heavy (non-hydrogen) atoms. The van der Waals surface area contributed by atoms with Crippen LogP contribution in [0, 0.1) is 0 Å². The van der Waals surface area contributed by atoms with Crippen molar-refractivity contribution in [1.82, 2.24) is 0 Å². The molecule has 0 unspecified atom stereocenters. The fourth-order valence-corrected chi connectivity index (χ4v) is 5.15. The summed E-state index contributed by atoms with van der Waals surface area (Å²) >= 11 is 0. The Morgan fingerprint density at radius 2 is 1.32 bits per heavy atom. The highest BCUT2D eigenvalue weighted by molar-refractivity contribution is 6.07. The topological polar surface area (TPSA) is 57.2 Å². The van der Waals surface area contributed by atoms with Gasteiger partial charge in [-0.25, -0.2) is 0 Å². The first-order chi connectivity index (χ1) is 15.3. The molecule has 0 atom stereocenters. The van der Waals surface area contributed by atoms with Gasteiger partial charge in [0.15, 0.2) is 11.5 Å². The molecule has 3 aliphatic rings. The van der Waals surface area contributed by atoms with Crippen molar-refractivity contribution in [2.24, 2.45) is 0 Å². The van der Waals surface area contributed by atoms with Crippen molar-refractivity contribution in [2.45, 2.75) is 5.79 Å². The van der Waals surface area contributed by atoms with Crippen LogP contribution in [0.2, 0.25) is 0 Å². The summed E-state index contributed by atoms with van der Waals surface area (Å²) in [4.78, 5) is 0. The maximum atomic E-state index is 11.1. The Balaban J connectivity index is 1.71. The standard InChI is InChI=1S/C26H18O5/c27-22-13-21-25(19-12-24-23(11-18(19)22)28-14-29-24)17-7-2-1-5-15(17)16-6-3-4-8-20(16)26(21)30-9-10-31-26/h1-8,11-13,27H,9-10,14H2. The van der Waals surface area contributed by atoms with Gasteiger partial charge >= 0.3 is 0 Å². The molecule has 0 radical (unpaired) electrons. The number of benzene rings is 4. The number of ether oxygens (including phenoxy) is 4. The first-order valence-electron chi connectivity index (χ1n) is 10.3. The minimum atomic E-state index is -1.09. The van der Waals surface area contributed by atoms with E-state index in [1.165, 1.54) is 0 Å². The minimum absolute atomic E-state index is 0.155. The monoisotopic (exact) mass is 410 g/mol. The number of phenolic OH excluding ortho intramolecular Hbond substituents is 1. The number of hydrogen-bond acceptors (Lipinski definition) is 5. The molecular weight excluding hydrogens is 392 g/mol. The number of aromatic hydroxyl groups is 1. The number of phenols is 1. The smallest absolute Gasteiger partial charge is 0.231 e. The molecule has 5 nitrogen and oxygen atoms in total. The highest BCUT2D eigenvalue weighted by atomic mass is 16.7. The summed E-state index contributed by atoms with van der Waals surface area (Å²) < 4.78 is 23.9. The number of fused-ring (bicyclic) bond motifs is 10. The lowest BCUT2D eigenvalue weighted by atomic mass is 9.88. The molecule has 0 aromatic heterocycles. The Morgan fingerprint density at radius 1 is 0.677 bits per heavy atom. The summed E-state index contributed by atoms with van der Waals surface area (Å²) in [7, 11) is 0. The molecule has 1 spiro atoms. The van der Waals surface area contributed by atoms with E-state index in [1.54, 1.807) is 6.07 Å². The van der Waals surface area contributed by atoms with Crippen LogP contribution in [-0.4, -0.2) is 25.1 Å². The van der Waals surface area contributed by atoms with E-state index in [-0.39, 0.29) is 12.5 Å². The maximum absolute atomic E-state index is 11.1. The molecule has 1 fully saturated rings. The van der Waals surface area contributed by atoms with E-state index >= 15 is 0 Å². The van der Waals surface area contributed by atoms with Gasteiger partial charge in [0, 0.05) is 16.5 Å². The molecule has 1 N–H and O–H groups in total. The van der Waals surface area contributed by atoms with Crippen LogP contribution in [0.1, 0.15) is 11.1 Å². The van der Waals surface area contributed by atoms with Gasteiger partial charge in [-0.05, 0) is 45.8 Å². The summed E-state index contributed by atoms with van der Waals surface area (Å²) in [5.41, 5.74) is 5.93. The zero-order valence-electron chi connectivity index (χ0n) is 16.6. The second-order valence-corrected chi connectivity index (χ2v) is 7.97. The first kappa shape index (κ1) is 17.2. The number of rotatable bonds is 0. The van der Waals surface area contributed by atoms with Crippen LogP contribution >= 0.6 is 0 Å². The molecule has 2 aliphatic heterocycles. The lowest BCUT2D eigenvalue weighted by molar-refractivity contribution is -0.128. The molecule has 5 heteroatoms. The van der Waals surface area contributed by atoms with Crippen LogP contribution in [0.15, 0.2) is 66.7 Å². The molecule has 4 aromatic rings. The van der Waals surface area contributed by atoms with Crippen molar-refractivity contribution in [3.63, 3.8) is 0 Å². The predicted octanol–water partition coefficient (Wildman–Crippen LogP) is 5.17. The van der Waals surface area contributed by atoms with Gasteiger partial charge in [-0.15, -0.1) is 0 Å². The third kappa shape index (κ3) is 2.17. The Hall–Kier alpha value is -3.54. The van der Waals surface area contributed by atoms with Crippen LogP contribution in [0.25, 0.3) is 33.0 Å². The van der Waals surface area contributed by atoms with Crippen molar-refractivity contribution >= 4 is 10.8 Å². The Labute approximate surface area is 178 Å². The summed E-state index contributed by atoms with van der Waals surface area (Å²) in [6, 6.07) is 22.1. The summed E-state index contributed by atoms with van der Waals surface area (Å²) in [6.45, 7) is 1.13. The fraction of sp³-hybridized carbons (Fsp3) is 0.154. The van der Waals surface area contributed by atoms with Gasteiger partial charge in [0.05, 0.1) is 13.2 Å². The van der Waals surface area contributed by atoms with Crippen molar-refractivity contribution in [2.75, 3.05) is 20.0 Å². The van der Waals surface area contributed by atoms with Crippen LogP contribution in [0.4, 0.5) is 0 Å². The lowest BCUT2D eigenvalue weighted by Crippen LogP contribution is -2.29. The van der Waals surface area contributed by atoms with E-state index < -0.39 is 5.79 Å². The molecule has 0 saturated carbocycles. The SMILES string of the molecule is Oc1cc2c(c3cc4c(cc13)OCO4)-c1ccccc1-c1ccccc1C21OCCO1. The van der Waals surface area contributed by atoms with Gasteiger partial charge in [-0.2, -0.15) is 0 Å². The van der Waals surface area contributed by atoms with Crippen molar-refractivity contribution < 1.29 is 24.1 Å². The van der Waals surface area contributed by atoms with Crippen LogP contribution in [0.3, 0.4) is 0 Å². The van der Waals surface area contributed by atoms with Crippen molar-refractivity contribution in [3.8, 4) is 39.5 Å². The van der Waals surface area contributed by atoms with Gasteiger partial charge in [-0.3, -0.25) is 0 Å². The molecule has 1 aliphatic carbocycles. The summed E-state index contributed by atoms with van der Waals surface area (Å²) in [5.74, 6) is 0.368. The molecule has 4 aromatic carbocycles. The van der Waals surface area contributed by atoms with E-state index in [4.69, 9.17) is 18.9 Å². The Morgan fingerprint density at radius 3 is 2.10 bits per heavy atom. The van der Waals surface area contributed by atoms with E-state index in [0.29, 0.717) is 30.1 Å². The lowest BCUT2D eigenvalue weighted by Gasteiger charge is -2.30. The third-order valence-corrected chi connectivity index (χ3v) is 6.43. The molecule has 0 amide bonds. The van der Waals surface area contributed by atoms with Crippen molar-refractivity contribution in [3.05, 3.63) is 77.9 Å². The highest BCUT2D eigenvalue weighted by Crippen LogP contribution is 2.55. The zero-order chi connectivity index (χ0) is 20.6. The van der Waals surface area contributed by atoms with E-state index in [0.717, 1.165) is 38.8 Å². The molecule has 7 rings (SSSR count). The molecule has 0 bridgehead atoms. The second-order valence-electron chi connectivity index (χ2n) is 7.97. The normalized spacial score (nSPS) is 17.3. The Kier molecular flexibility index (Phi) is 3.32. The Bertz CT molecular complexity index is 1380. The largest absolute Gasteiger partial charge is 0.507 e. The van der Waals surface area contributed by atoms with Gasteiger partial charge in [-0.1, -0.05) is 48.5 Å². The fourth-order valence-electron chi connectivity index (χ4n) is 5.15. The third-order valence-electron chi connectivity index (χ3n) is 6.43. The average molecular weight is 410 g/mol. The van der Waals surface area contributed by atoms with Gasteiger partial charge in [0.1, 0.15) is 5.75 Å². The quantitative estimate of drug-likeness (QED) is 0.433. The number of hydrogen-bond donors (Lipinski definition) is 1. The summed E-state index contributed by atoms with van der Waals surface area (Å²) in [5, 5.41) is 12.7. The van der Waals surface area contributed by atoms with E-state index in [2.05, 4.69) is 18.2 Å². The van der Waals surface area contributed by atoms with Gasteiger partial charge in [0.2, 0.25) is 12.6 Å². The molecule has 2 heterocycles. The van der Waals surface area contributed by atoms with Gasteiger partial charge in [0.25, 0.3) is 0 Å². The van der Waals surface area contributed by atoms with E-state index in [1.807, 2.05) is 42.5 Å². The zero-order valence-corrected chi connectivity index (χ0v) is 16.6. The van der Waals surface area contributed by atoms with Crippen LogP contribution in [-0.2, 0) is 15.3 Å².